The number of carbonyl (C=O) groups excluding carboxylic acids is 2. The SMILES string of the molecule is C/C=C/C[C@@H](C)[C@H]1OC(C)[C@H](C)C(=O)N(C)[C@@H]1C(=O)N[C@@H](CC)C(=O)O. The lowest BCUT2D eigenvalue weighted by molar-refractivity contribution is -0.146. The van der Waals surface area contributed by atoms with Gasteiger partial charge >= 0.3 is 5.97 Å². The third-order valence-electron chi connectivity index (χ3n) is 5.14. The number of aliphatic carboxylic acids is 1. The molecule has 1 fully saturated rings. The number of hydrogen-bond acceptors (Lipinski definition) is 4. The first-order chi connectivity index (χ1) is 12.1. The predicted octanol–water partition coefficient (Wildman–Crippen LogP) is 1.82. The van der Waals surface area contributed by atoms with Crippen LogP contribution in [0.1, 0.15) is 47.5 Å². The maximum atomic E-state index is 12.9. The highest BCUT2D eigenvalue weighted by atomic mass is 16.5. The van der Waals surface area contributed by atoms with Gasteiger partial charge in [0.25, 0.3) is 0 Å². The summed E-state index contributed by atoms with van der Waals surface area (Å²) in [5, 5.41) is 11.8. The van der Waals surface area contributed by atoms with Gasteiger partial charge in [0.1, 0.15) is 12.1 Å². The Labute approximate surface area is 155 Å². The molecule has 0 saturated carbocycles. The number of likely N-dealkylation sites (N-methyl/N-ethyl adjacent to an activating group) is 1. The number of nitrogens with zero attached hydrogens (tertiary/aromatic N) is 1. The Morgan fingerprint density at radius 1 is 1.38 bits per heavy atom. The predicted molar refractivity (Wildman–Crippen MR) is 98.5 cm³/mol. The van der Waals surface area contributed by atoms with E-state index in [0.29, 0.717) is 6.42 Å². The summed E-state index contributed by atoms with van der Waals surface area (Å²) < 4.78 is 6.13. The Morgan fingerprint density at radius 2 is 2.00 bits per heavy atom. The molecule has 2 N–H and O–H groups in total. The second-order valence-corrected chi connectivity index (χ2v) is 7.08. The van der Waals surface area contributed by atoms with Gasteiger partial charge in [-0.25, -0.2) is 4.79 Å². The Balaban J connectivity index is 3.20. The average Bonchev–Trinajstić information content (AvgIpc) is 2.68. The van der Waals surface area contributed by atoms with Crippen molar-refractivity contribution in [2.45, 2.75) is 71.8 Å². The molecule has 0 spiro atoms. The van der Waals surface area contributed by atoms with Crippen LogP contribution < -0.4 is 5.32 Å². The molecule has 6 atom stereocenters. The molecule has 7 heteroatoms. The summed E-state index contributed by atoms with van der Waals surface area (Å²) in [4.78, 5) is 38.3. The second kappa shape index (κ2) is 9.71. The highest BCUT2D eigenvalue weighted by molar-refractivity contribution is 5.91. The van der Waals surface area contributed by atoms with Crippen LogP contribution in [0.4, 0.5) is 0 Å². The van der Waals surface area contributed by atoms with Crippen LogP contribution >= 0.6 is 0 Å². The number of hydrogen-bond donors (Lipinski definition) is 2. The molecule has 0 bridgehead atoms. The summed E-state index contributed by atoms with van der Waals surface area (Å²) in [6.45, 7) is 9.19. The molecular formula is C19H32N2O5. The standard InChI is InChI=1S/C19H32N2O5/c1-7-9-10-11(3)16-15(17(22)20-14(8-2)19(24)25)21(6)18(23)12(4)13(5)26-16/h7,9,11-16H,8,10H2,1-6H3,(H,20,22)(H,24,25)/b9-7+/t11-,12+,13?,14+,15+,16-/m1/s1. The summed E-state index contributed by atoms with van der Waals surface area (Å²) in [6, 6.07) is -1.86. The topological polar surface area (TPSA) is 95.9 Å². The molecular weight excluding hydrogens is 336 g/mol. The zero-order valence-corrected chi connectivity index (χ0v) is 16.6. The first-order valence-corrected chi connectivity index (χ1v) is 9.22. The fourth-order valence-corrected chi connectivity index (χ4v) is 3.17. The molecule has 1 unspecified atom stereocenters. The van der Waals surface area contributed by atoms with Gasteiger partial charge in [0.15, 0.2) is 0 Å². The number of rotatable bonds is 7. The van der Waals surface area contributed by atoms with Gasteiger partial charge in [-0.05, 0) is 32.6 Å². The number of ether oxygens (including phenoxy) is 1. The van der Waals surface area contributed by atoms with Crippen LogP contribution in [0, 0.1) is 11.8 Å². The zero-order chi connectivity index (χ0) is 20.0. The van der Waals surface area contributed by atoms with Gasteiger partial charge in [-0.3, -0.25) is 9.59 Å². The number of carboxylic acids is 1. The van der Waals surface area contributed by atoms with Crippen LogP contribution in [0.15, 0.2) is 12.2 Å². The van der Waals surface area contributed by atoms with E-state index in [1.54, 1.807) is 20.9 Å². The molecule has 0 aliphatic carbocycles. The molecule has 1 aliphatic heterocycles. The number of carboxylic acid groups (broad SMARTS) is 1. The van der Waals surface area contributed by atoms with Gasteiger partial charge < -0.3 is 20.1 Å². The smallest absolute Gasteiger partial charge is 0.326 e. The van der Waals surface area contributed by atoms with Crippen LogP contribution in [-0.4, -0.2) is 59.1 Å². The molecule has 1 rings (SSSR count). The van der Waals surface area contributed by atoms with E-state index >= 15 is 0 Å². The Morgan fingerprint density at radius 3 is 2.50 bits per heavy atom. The quantitative estimate of drug-likeness (QED) is 0.668. The molecule has 7 nitrogen and oxygen atoms in total. The van der Waals surface area contributed by atoms with E-state index in [2.05, 4.69) is 5.32 Å². The van der Waals surface area contributed by atoms with Crippen LogP contribution in [0.3, 0.4) is 0 Å². The fraction of sp³-hybridized carbons (Fsp3) is 0.737. The van der Waals surface area contributed by atoms with Crippen molar-refractivity contribution in [3.63, 3.8) is 0 Å². The highest BCUT2D eigenvalue weighted by Gasteiger charge is 2.45. The minimum atomic E-state index is -1.09. The van der Waals surface area contributed by atoms with Crippen molar-refractivity contribution >= 4 is 17.8 Å². The lowest BCUT2D eigenvalue weighted by Gasteiger charge is -2.34. The average molecular weight is 368 g/mol. The lowest BCUT2D eigenvalue weighted by Crippen LogP contribution is -2.57. The Kier molecular flexibility index (Phi) is 8.27. The van der Waals surface area contributed by atoms with E-state index in [4.69, 9.17) is 4.74 Å². The van der Waals surface area contributed by atoms with E-state index in [1.807, 2.05) is 32.9 Å². The van der Waals surface area contributed by atoms with Gasteiger partial charge in [0.2, 0.25) is 11.8 Å². The summed E-state index contributed by atoms with van der Waals surface area (Å²) >= 11 is 0. The van der Waals surface area contributed by atoms with Crippen molar-refractivity contribution in [1.29, 1.82) is 0 Å². The minimum absolute atomic E-state index is 0.0187. The van der Waals surface area contributed by atoms with Crippen molar-refractivity contribution < 1.29 is 24.2 Å². The molecule has 26 heavy (non-hydrogen) atoms. The van der Waals surface area contributed by atoms with E-state index in [-0.39, 0.29) is 30.3 Å². The van der Waals surface area contributed by atoms with Crippen LogP contribution in [0.25, 0.3) is 0 Å². The monoisotopic (exact) mass is 368 g/mol. The summed E-state index contributed by atoms with van der Waals surface area (Å²) in [5.41, 5.74) is 0. The van der Waals surface area contributed by atoms with Gasteiger partial charge in [0.05, 0.1) is 18.1 Å². The second-order valence-electron chi connectivity index (χ2n) is 7.08. The Hall–Kier alpha value is -1.89. The lowest BCUT2D eigenvalue weighted by atomic mass is 9.92. The molecule has 0 aromatic heterocycles. The van der Waals surface area contributed by atoms with Gasteiger partial charge in [0, 0.05) is 7.05 Å². The first-order valence-electron chi connectivity index (χ1n) is 9.22. The zero-order valence-electron chi connectivity index (χ0n) is 16.6. The Bertz CT molecular complexity index is 548. The van der Waals surface area contributed by atoms with Crippen LogP contribution in [-0.2, 0) is 19.1 Å². The first kappa shape index (κ1) is 22.2. The summed E-state index contributed by atoms with van der Waals surface area (Å²) in [6.07, 6.45) is 4.03. The molecule has 1 aliphatic rings. The van der Waals surface area contributed by atoms with Crippen LogP contribution in [0.2, 0.25) is 0 Å². The van der Waals surface area contributed by atoms with Crippen molar-refractivity contribution in [2.24, 2.45) is 11.8 Å². The third kappa shape index (κ3) is 5.06. The molecule has 0 aromatic rings. The summed E-state index contributed by atoms with van der Waals surface area (Å²) in [5.74, 6) is -2.16. The highest BCUT2D eigenvalue weighted by Crippen LogP contribution is 2.28. The summed E-state index contributed by atoms with van der Waals surface area (Å²) in [7, 11) is 1.58. The van der Waals surface area contributed by atoms with Crippen molar-refractivity contribution in [3.05, 3.63) is 12.2 Å². The molecule has 0 radical (unpaired) electrons. The molecule has 148 valence electrons. The molecule has 1 heterocycles. The van der Waals surface area contributed by atoms with Gasteiger partial charge in [-0.2, -0.15) is 0 Å². The fourth-order valence-electron chi connectivity index (χ4n) is 3.17. The van der Waals surface area contributed by atoms with Gasteiger partial charge in [-0.1, -0.05) is 32.9 Å². The van der Waals surface area contributed by atoms with E-state index in [0.717, 1.165) is 0 Å². The maximum Gasteiger partial charge on any atom is 0.326 e. The van der Waals surface area contributed by atoms with E-state index in [1.165, 1.54) is 4.90 Å². The third-order valence-corrected chi connectivity index (χ3v) is 5.14. The maximum absolute atomic E-state index is 12.9. The largest absolute Gasteiger partial charge is 0.480 e. The molecule has 0 aromatic carbocycles. The van der Waals surface area contributed by atoms with Crippen LogP contribution in [0.5, 0.6) is 0 Å². The van der Waals surface area contributed by atoms with Crippen molar-refractivity contribution in [2.75, 3.05) is 7.05 Å². The number of carbonyl (C=O) groups is 3. The normalized spacial score (nSPS) is 29.3. The van der Waals surface area contributed by atoms with E-state index in [9.17, 15) is 19.5 Å². The number of nitrogens with one attached hydrogen (secondary N) is 1. The minimum Gasteiger partial charge on any atom is -0.480 e. The number of allylic oxidation sites excluding steroid dienone is 2. The van der Waals surface area contributed by atoms with Gasteiger partial charge in [-0.15, -0.1) is 0 Å². The van der Waals surface area contributed by atoms with Crippen molar-refractivity contribution in [3.8, 4) is 0 Å². The van der Waals surface area contributed by atoms with E-state index < -0.39 is 30.1 Å². The number of amides is 2. The molecule has 2 amide bonds. The van der Waals surface area contributed by atoms with Crippen molar-refractivity contribution in [1.82, 2.24) is 10.2 Å². The molecule has 1 saturated heterocycles.